The van der Waals surface area contributed by atoms with Gasteiger partial charge in [-0.25, -0.2) is 4.39 Å². The second-order valence-electron chi connectivity index (χ2n) is 3.12. The monoisotopic (exact) mass is 342 g/mol. The van der Waals surface area contributed by atoms with E-state index in [0.29, 0.717) is 0 Å². The third-order valence-corrected chi connectivity index (χ3v) is 3.40. The molecule has 98 valence electrons. The van der Waals surface area contributed by atoms with E-state index in [9.17, 15) is 17.6 Å². The van der Waals surface area contributed by atoms with Gasteiger partial charge in [-0.1, -0.05) is 0 Å². The molecule has 18 heavy (non-hydrogen) atoms. The number of hydrogen-bond donors (Lipinski definition) is 1. The van der Waals surface area contributed by atoms with E-state index in [1.807, 2.05) is 0 Å². The number of anilines is 1. The normalized spacial score (nSPS) is 11.1. The summed E-state index contributed by atoms with van der Waals surface area (Å²) in [5.41, 5.74) is -4.10. The maximum atomic E-state index is 13.6. The first-order valence-corrected chi connectivity index (χ1v) is 6.45. The van der Waals surface area contributed by atoms with Gasteiger partial charge in [-0.3, -0.25) is 0 Å². The predicted molar refractivity (Wildman–Crippen MR) is 65.8 cm³/mol. The fourth-order valence-corrected chi connectivity index (χ4v) is 1.99. The van der Waals surface area contributed by atoms with Gasteiger partial charge in [0.15, 0.2) is 5.82 Å². The van der Waals surface area contributed by atoms with Gasteiger partial charge in [-0.2, -0.15) is 18.4 Å². The van der Waals surface area contributed by atoms with E-state index in [1.54, 1.807) is 6.07 Å². The summed E-state index contributed by atoms with van der Waals surface area (Å²) in [6.45, 7) is -0.0283. The summed E-state index contributed by atoms with van der Waals surface area (Å²) in [6, 6.07) is 4.48. The molecule has 1 aromatic rings. The minimum atomic E-state index is -4.29. The molecule has 0 heterocycles. The van der Waals surface area contributed by atoms with Crippen LogP contribution in [0, 0.1) is 17.1 Å². The molecule has 0 spiro atoms. The molecule has 0 aliphatic rings. The Labute approximate surface area is 113 Å². The SMILES string of the molecule is N#Cc1ccc(NCCSC(F)(F)F)c(F)c1Br. The largest absolute Gasteiger partial charge is 0.441 e. The summed E-state index contributed by atoms with van der Waals surface area (Å²) in [6.07, 6.45) is 0. The molecule has 1 N–H and O–H groups in total. The number of alkyl halides is 3. The first-order chi connectivity index (χ1) is 8.35. The highest BCUT2D eigenvalue weighted by Crippen LogP contribution is 2.30. The Hall–Kier alpha value is -0.940. The summed E-state index contributed by atoms with van der Waals surface area (Å²) in [5.74, 6) is -0.911. The van der Waals surface area contributed by atoms with Crippen molar-refractivity contribution in [3.05, 3.63) is 28.0 Å². The maximum Gasteiger partial charge on any atom is 0.441 e. The standard InChI is InChI=1S/C10H7BrF4N2S/c11-8-6(5-16)1-2-7(9(8)12)17-3-4-18-10(13,14)15/h1-2,17H,3-4H2. The zero-order chi connectivity index (χ0) is 13.8. The molecule has 0 aliphatic carbocycles. The smallest absolute Gasteiger partial charge is 0.382 e. The van der Waals surface area contributed by atoms with Gasteiger partial charge in [0.2, 0.25) is 0 Å². The van der Waals surface area contributed by atoms with Crippen molar-refractivity contribution in [2.45, 2.75) is 5.51 Å². The summed E-state index contributed by atoms with van der Waals surface area (Å²) in [7, 11) is 0. The van der Waals surface area contributed by atoms with Crippen LogP contribution in [0.1, 0.15) is 5.56 Å². The van der Waals surface area contributed by atoms with E-state index >= 15 is 0 Å². The van der Waals surface area contributed by atoms with Crippen LogP contribution in [0.25, 0.3) is 0 Å². The summed E-state index contributed by atoms with van der Waals surface area (Å²) >= 11 is 2.73. The molecule has 0 radical (unpaired) electrons. The molecule has 1 rings (SSSR count). The van der Waals surface area contributed by atoms with Crippen molar-refractivity contribution in [2.24, 2.45) is 0 Å². The summed E-state index contributed by atoms with van der Waals surface area (Å²) in [4.78, 5) is 0. The van der Waals surface area contributed by atoms with Gasteiger partial charge in [-0.15, -0.1) is 0 Å². The van der Waals surface area contributed by atoms with Crippen molar-refractivity contribution in [3.8, 4) is 6.07 Å². The van der Waals surface area contributed by atoms with Crippen molar-refractivity contribution in [1.82, 2.24) is 0 Å². The Morgan fingerprint density at radius 3 is 2.61 bits per heavy atom. The van der Waals surface area contributed by atoms with Crippen LogP contribution in [0.2, 0.25) is 0 Å². The summed E-state index contributed by atoms with van der Waals surface area (Å²) < 4.78 is 49.1. The molecule has 0 aromatic heterocycles. The second kappa shape index (κ2) is 6.29. The van der Waals surface area contributed by atoms with Crippen molar-refractivity contribution < 1.29 is 17.6 Å². The van der Waals surface area contributed by atoms with E-state index in [4.69, 9.17) is 5.26 Å². The average molecular weight is 343 g/mol. The molecule has 0 aliphatic heterocycles. The molecular formula is C10H7BrF4N2S. The molecule has 0 saturated heterocycles. The Balaban J connectivity index is 2.59. The summed E-state index contributed by atoms with van der Waals surface area (Å²) in [5, 5.41) is 11.2. The van der Waals surface area contributed by atoms with E-state index in [-0.39, 0.29) is 39.8 Å². The number of halogens is 5. The molecular weight excluding hydrogens is 336 g/mol. The predicted octanol–water partition coefficient (Wildman–Crippen LogP) is 4.12. The topological polar surface area (TPSA) is 35.8 Å². The number of thioether (sulfide) groups is 1. The van der Waals surface area contributed by atoms with E-state index in [0.717, 1.165) is 0 Å². The Morgan fingerprint density at radius 2 is 2.06 bits per heavy atom. The van der Waals surface area contributed by atoms with Gasteiger partial charge >= 0.3 is 5.51 Å². The van der Waals surface area contributed by atoms with Gasteiger partial charge in [0.1, 0.15) is 6.07 Å². The van der Waals surface area contributed by atoms with Crippen LogP contribution >= 0.6 is 27.7 Å². The third kappa shape index (κ3) is 4.38. The van der Waals surface area contributed by atoms with Crippen LogP contribution in [0.15, 0.2) is 16.6 Å². The minimum absolute atomic E-state index is 0.00141. The van der Waals surface area contributed by atoms with Gasteiger partial charge in [-0.05, 0) is 39.8 Å². The number of nitrogens with one attached hydrogen (secondary N) is 1. The first-order valence-electron chi connectivity index (χ1n) is 4.68. The number of rotatable bonds is 4. The first kappa shape index (κ1) is 15.1. The van der Waals surface area contributed by atoms with E-state index in [1.165, 1.54) is 12.1 Å². The lowest BCUT2D eigenvalue weighted by molar-refractivity contribution is -0.0327. The lowest BCUT2D eigenvalue weighted by Gasteiger charge is -2.10. The Morgan fingerprint density at radius 1 is 1.39 bits per heavy atom. The van der Waals surface area contributed by atoms with Gasteiger partial charge in [0.05, 0.1) is 15.7 Å². The highest BCUT2D eigenvalue weighted by molar-refractivity contribution is 9.10. The van der Waals surface area contributed by atoms with Crippen LogP contribution in [-0.2, 0) is 0 Å². The third-order valence-electron chi connectivity index (χ3n) is 1.89. The Bertz CT molecular complexity index is 470. The number of nitriles is 1. The molecule has 0 saturated carbocycles. The highest BCUT2D eigenvalue weighted by Gasteiger charge is 2.27. The highest BCUT2D eigenvalue weighted by atomic mass is 79.9. The van der Waals surface area contributed by atoms with Crippen molar-refractivity contribution >= 4 is 33.4 Å². The molecule has 8 heteroatoms. The number of benzene rings is 1. The average Bonchev–Trinajstić information content (AvgIpc) is 2.28. The molecule has 0 unspecified atom stereocenters. The van der Waals surface area contributed by atoms with Crippen LogP contribution in [0.5, 0.6) is 0 Å². The Kier molecular flexibility index (Phi) is 5.28. The molecule has 1 aromatic carbocycles. The van der Waals surface area contributed by atoms with Crippen LogP contribution in [-0.4, -0.2) is 17.8 Å². The van der Waals surface area contributed by atoms with Crippen molar-refractivity contribution in [3.63, 3.8) is 0 Å². The van der Waals surface area contributed by atoms with Crippen molar-refractivity contribution in [2.75, 3.05) is 17.6 Å². The van der Waals surface area contributed by atoms with Crippen LogP contribution in [0.4, 0.5) is 23.2 Å². The van der Waals surface area contributed by atoms with Crippen molar-refractivity contribution in [1.29, 1.82) is 5.26 Å². The lowest BCUT2D eigenvalue weighted by atomic mass is 10.2. The second-order valence-corrected chi connectivity index (χ2v) is 5.07. The van der Waals surface area contributed by atoms with Gasteiger partial charge < -0.3 is 5.32 Å². The molecule has 0 fully saturated rings. The van der Waals surface area contributed by atoms with E-state index < -0.39 is 11.3 Å². The quantitative estimate of drug-likeness (QED) is 0.660. The van der Waals surface area contributed by atoms with E-state index in [2.05, 4.69) is 21.2 Å². The van der Waals surface area contributed by atoms with Crippen LogP contribution < -0.4 is 5.32 Å². The van der Waals surface area contributed by atoms with Gasteiger partial charge in [0.25, 0.3) is 0 Å². The molecule has 0 atom stereocenters. The molecule has 0 amide bonds. The van der Waals surface area contributed by atoms with Crippen LogP contribution in [0.3, 0.4) is 0 Å². The fourth-order valence-electron chi connectivity index (χ4n) is 1.12. The lowest BCUT2D eigenvalue weighted by Crippen LogP contribution is -2.10. The fraction of sp³-hybridized carbons (Fsp3) is 0.300. The molecule has 2 nitrogen and oxygen atoms in total. The minimum Gasteiger partial charge on any atom is -0.382 e. The zero-order valence-electron chi connectivity index (χ0n) is 8.81. The number of hydrogen-bond acceptors (Lipinski definition) is 3. The zero-order valence-corrected chi connectivity index (χ0v) is 11.2. The number of nitrogens with zero attached hydrogens (tertiary/aromatic N) is 1. The maximum absolute atomic E-state index is 13.6. The molecule has 0 bridgehead atoms. The van der Waals surface area contributed by atoms with Gasteiger partial charge in [0, 0.05) is 12.3 Å².